The van der Waals surface area contributed by atoms with Crippen LogP contribution in [-0.4, -0.2) is 29.6 Å². The maximum absolute atomic E-state index is 11.5. The highest BCUT2D eigenvalue weighted by molar-refractivity contribution is 5.79. The van der Waals surface area contributed by atoms with Crippen LogP contribution in [0.2, 0.25) is 0 Å². The molecule has 0 radical (unpaired) electrons. The molecule has 0 aliphatic heterocycles. The summed E-state index contributed by atoms with van der Waals surface area (Å²) in [4.78, 5) is 22.5. The summed E-state index contributed by atoms with van der Waals surface area (Å²) in [6, 6.07) is 0.111. The van der Waals surface area contributed by atoms with Gasteiger partial charge in [0, 0.05) is 19.0 Å². The van der Waals surface area contributed by atoms with Crippen molar-refractivity contribution in [3.05, 3.63) is 0 Å². The third-order valence-electron chi connectivity index (χ3n) is 3.45. The van der Waals surface area contributed by atoms with Crippen molar-refractivity contribution in [2.75, 3.05) is 6.54 Å². The summed E-state index contributed by atoms with van der Waals surface area (Å²) in [5, 5.41) is 11.8. The Morgan fingerprint density at radius 1 is 1.47 bits per heavy atom. The second-order valence-electron chi connectivity index (χ2n) is 5.09. The highest BCUT2D eigenvalue weighted by Crippen LogP contribution is 2.40. The summed E-state index contributed by atoms with van der Waals surface area (Å²) < 4.78 is 0. The number of rotatable bonds is 7. The first-order chi connectivity index (χ1) is 7.96. The molecule has 0 aromatic carbocycles. The van der Waals surface area contributed by atoms with Gasteiger partial charge in [0.15, 0.2) is 0 Å². The largest absolute Gasteiger partial charge is 0.481 e. The molecule has 0 heterocycles. The minimum absolute atomic E-state index is 0.0711. The number of carboxylic acids is 1. The van der Waals surface area contributed by atoms with Crippen LogP contribution in [0.15, 0.2) is 0 Å². The first kappa shape index (κ1) is 14.0. The van der Waals surface area contributed by atoms with E-state index in [9.17, 15) is 9.59 Å². The lowest BCUT2D eigenvalue weighted by atomic mass is 9.69. The molecule has 0 spiro atoms. The molecule has 4 N–H and O–H groups in total. The fourth-order valence-corrected chi connectivity index (χ4v) is 2.01. The van der Waals surface area contributed by atoms with Crippen molar-refractivity contribution in [1.82, 2.24) is 5.32 Å². The standard InChI is InChI=1S/C12H22N2O3/c1-9(13)4-2-5-10(15)14-8-12(11(16)17)6-3-7-12/h9H,2-8,13H2,1H3,(H,14,15)(H,16,17). The summed E-state index contributed by atoms with van der Waals surface area (Å²) in [5.74, 6) is -0.863. The number of nitrogens with one attached hydrogen (secondary N) is 1. The zero-order valence-electron chi connectivity index (χ0n) is 10.4. The molecule has 1 aliphatic carbocycles. The van der Waals surface area contributed by atoms with Crippen LogP contribution in [0.5, 0.6) is 0 Å². The minimum atomic E-state index is -0.792. The average molecular weight is 242 g/mol. The third kappa shape index (κ3) is 4.00. The number of carboxylic acid groups (broad SMARTS) is 1. The van der Waals surface area contributed by atoms with Crippen molar-refractivity contribution in [2.24, 2.45) is 11.1 Å². The Hall–Kier alpha value is -1.10. The molecular formula is C12H22N2O3. The Morgan fingerprint density at radius 3 is 2.53 bits per heavy atom. The van der Waals surface area contributed by atoms with E-state index in [4.69, 9.17) is 10.8 Å². The lowest BCUT2D eigenvalue weighted by molar-refractivity contribution is -0.154. The van der Waals surface area contributed by atoms with Gasteiger partial charge in [-0.3, -0.25) is 9.59 Å². The Labute approximate surface area is 102 Å². The second-order valence-corrected chi connectivity index (χ2v) is 5.09. The maximum atomic E-state index is 11.5. The quantitative estimate of drug-likeness (QED) is 0.617. The molecule has 1 unspecified atom stereocenters. The number of aliphatic carboxylic acids is 1. The Morgan fingerprint density at radius 2 is 2.12 bits per heavy atom. The van der Waals surface area contributed by atoms with Gasteiger partial charge in [-0.1, -0.05) is 6.42 Å². The Bertz CT molecular complexity index is 285. The van der Waals surface area contributed by atoms with Crippen LogP contribution in [-0.2, 0) is 9.59 Å². The molecule has 1 rings (SSSR count). The highest BCUT2D eigenvalue weighted by Gasteiger charge is 2.44. The van der Waals surface area contributed by atoms with E-state index in [0.717, 1.165) is 19.3 Å². The molecule has 1 atom stereocenters. The summed E-state index contributed by atoms with van der Waals surface area (Å²) in [6.45, 7) is 2.17. The molecule has 98 valence electrons. The summed E-state index contributed by atoms with van der Waals surface area (Å²) in [6.07, 6.45) is 4.27. The van der Waals surface area contributed by atoms with E-state index in [-0.39, 0.29) is 18.5 Å². The molecule has 0 saturated heterocycles. The van der Waals surface area contributed by atoms with Crippen molar-refractivity contribution in [1.29, 1.82) is 0 Å². The van der Waals surface area contributed by atoms with Crippen LogP contribution in [0.1, 0.15) is 45.4 Å². The molecule has 1 amide bonds. The van der Waals surface area contributed by atoms with E-state index in [1.54, 1.807) is 0 Å². The Balaban J connectivity index is 2.21. The predicted octanol–water partition coefficient (Wildman–Crippen LogP) is 0.875. The van der Waals surface area contributed by atoms with Gasteiger partial charge in [0.05, 0.1) is 5.41 Å². The van der Waals surface area contributed by atoms with E-state index in [1.165, 1.54) is 0 Å². The lowest BCUT2D eigenvalue weighted by Crippen LogP contribution is -2.47. The number of amides is 1. The molecule has 1 aliphatic rings. The summed E-state index contributed by atoms with van der Waals surface area (Å²) in [7, 11) is 0. The van der Waals surface area contributed by atoms with E-state index in [1.807, 2.05) is 6.92 Å². The van der Waals surface area contributed by atoms with Gasteiger partial charge >= 0.3 is 5.97 Å². The van der Waals surface area contributed by atoms with Crippen molar-refractivity contribution in [3.8, 4) is 0 Å². The lowest BCUT2D eigenvalue weighted by Gasteiger charge is -2.37. The molecule has 17 heavy (non-hydrogen) atoms. The molecule has 0 aromatic heterocycles. The molecule has 1 saturated carbocycles. The van der Waals surface area contributed by atoms with Crippen molar-refractivity contribution < 1.29 is 14.7 Å². The van der Waals surface area contributed by atoms with Gasteiger partial charge in [-0.05, 0) is 32.6 Å². The van der Waals surface area contributed by atoms with E-state index in [2.05, 4.69) is 5.32 Å². The maximum Gasteiger partial charge on any atom is 0.311 e. The van der Waals surface area contributed by atoms with Crippen LogP contribution in [0.25, 0.3) is 0 Å². The average Bonchev–Trinajstić information content (AvgIpc) is 2.14. The SMILES string of the molecule is CC(N)CCCC(=O)NCC1(C(=O)O)CCC1. The fourth-order valence-electron chi connectivity index (χ4n) is 2.01. The summed E-state index contributed by atoms with van der Waals surface area (Å²) >= 11 is 0. The minimum Gasteiger partial charge on any atom is -0.481 e. The molecular weight excluding hydrogens is 220 g/mol. The fraction of sp³-hybridized carbons (Fsp3) is 0.833. The van der Waals surface area contributed by atoms with Crippen molar-refractivity contribution in [3.63, 3.8) is 0 Å². The number of carbonyl (C=O) groups is 2. The summed E-state index contributed by atoms with van der Waals surface area (Å²) in [5.41, 5.74) is 4.89. The number of carbonyl (C=O) groups excluding carboxylic acids is 1. The van der Waals surface area contributed by atoms with E-state index < -0.39 is 11.4 Å². The molecule has 5 heteroatoms. The predicted molar refractivity (Wildman–Crippen MR) is 64.4 cm³/mol. The van der Waals surface area contributed by atoms with E-state index in [0.29, 0.717) is 19.3 Å². The molecule has 0 aromatic rings. The van der Waals surface area contributed by atoms with Gasteiger partial charge < -0.3 is 16.2 Å². The van der Waals surface area contributed by atoms with Gasteiger partial charge in [0.1, 0.15) is 0 Å². The Kier molecular flexibility index (Phi) is 4.93. The molecule has 0 bridgehead atoms. The zero-order valence-corrected chi connectivity index (χ0v) is 10.4. The van der Waals surface area contributed by atoms with E-state index >= 15 is 0 Å². The van der Waals surface area contributed by atoms with Crippen LogP contribution in [0.3, 0.4) is 0 Å². The number of nitrogens with two attached hydrogens (primary N) is 1. The zero-order chi connectivity index (χ0) is 12.9. The van der Waals surface area contributed by atoms with Crippen LogP contribution < -0.4 is 11.1 Å². The number of hydrogen-bond donors (Lipinski definition) is 3. The smallest absolute Gasteiger partial charge is 0.311 e. The normalized spacial score (nSPS) is 19.2. The van der Waals surface area contributed by atoms with Crippen LogP contribution in [0, 0.1) is 5.41 Å². The van der Waals surface area contributed by atoms with Crippen LogP contribution >= 0.6 is 0 Å². The molecule has 1 fully saturated rings. The first-order valence-corrected chi connectivity index (χ1v) is 6.22. The third-order valence-corrected chi connectivity index (χ3v) is 3.45. The first-order valence-electron chi connectivity index (χ1n) is 6.22. The monoisotopic (exact) mass is 242 g/mol. The van der Waals surface area contributed by atoms with Gasteiger partial charge in [-0.2, -0.15) is 0 Å². The van der Waals surface area contributed by atoms with Gasteiger partial charge in [-0.15, -0.1) is 0 Å². The van der Waals surface area contributed by atoms with Crippen molar-refractivity contribution in [2.45, 2.75) is 51.5 Å². The van der Waals surface area contributed by atoms with Gasteiger partial charge in [0.2, 0.25) is 5.91 Å². The molecule has 5 nitrogen and oxygen atoms in total. The van der Waals surface area contributed by atoms with Crippen molar-refractivity contribution >= 4 is 11.9 Å². The number of hydrogen-bond acceptors (Lipinski definition) is 3. The topological polar surface area (TPSA) is 92.4 Å². The van der Waals surface area contributed by atoms with Gasteiger partial charge in [-0.25, -0.2) is 0 Å². The van der Waals surface area contributed by atoms with Gasteiger partial charge in [0.25, 0.3) is 0 Å². The second kappa shape index (κ2) is 6.00. The van der Waals surface area contributed by atoms with Crippen LogP contribution in [0.4, 0.5) is 0 Å². The highest BCUT2D eigenvalue weighted by atomic mass is 16.4.